The molecule has 37 heavy (non-hydrogen) atoms. The van der Waals surface area contributed by atoms with Crippen LogP contribution in [0.25, 0.3) is 6.08 Å². The minimum atomic E-state index is -0.659. The number of carbonyl (C=O) groups excluding carboxylic acids is 3. The second-order valence-corrected chi connectivity index (χ2v) is 10.8. The van der Waals surface area contributed by atoms with Crippen molar-refractivity contribution >= 4 is 34.7 Å². The van der Waals surface area contributed by atoms with Gasteiger partial charge < -0.3 is 4.74 Å². The molecule has 4 rings (SSSR count). The summed E-state index contributed by atoms with van der Waals surface area (Å²) >= 11 is 1.27. The van der Waals surface area contributed by atoms with E-state index in [0.717, 1.165) is 24.1 Å². The summed E-state index contributed by atoms with van der Waals surface area (Å²) < 4.78 is 21.6. The third-order valence-corrected chi connectivity index (χ3v) is 7.79. The van der Waals surface area contributed by atoms with Crippen molar-refractivity contribution < 1.29 is 23.5 Å². The Kier molecular flexibility index (Phi) is 9.26. The van der Waals surface area contributed by atoms with E-state index in [1.54, 1.807) is 42.9 Å². The first kappa shape index (κ1) is 27.2. The Hall–Kier alpha value is -2.85. The van der Waals surface area contributed by atoms with Crippen molar-refractivity contribution in [1.29, 1.82) is 0 Å². The van der Waals surface area contributed by atoms with Crippen molar-refractivity contribution in [2.45, 2.75) is 63.8 Å². The van der Waals surface area contributed by atoms with Gasteiger partial charge >= 0.3 is 5.97 Å². The Morgan fingerprint density at radius 3 is 2.73 bits per heavy atom. The number of ether oxygens (including phenoxy) is 1. The standard InChI is InChI=1S/C27H33FN4O4S/c1-3-36-25(34)9-6-13-32-21(16-29-30-32)15-20-17-31(14-12-24(20)37-18(2)33)26(27(35)19-10-11-19)22-7-4-5-8-23(22)28/h4-5,7-8,15-16,19,24,26H,3,6,9-14,17H2,1-2H3/b20-15-. The molecular formula is C27H33FN4O4S. The Morgan fingerprint density at radius 1 is 1.24 bits per heavy atom. The molecule has 0 bridgehead atoms. The van der Waals surface area contributed by atoms with Crippen LogP contribution in [0.1, 0.15) is 63.3 Å². The molecule has 2 fully saturated rings. The molecule has 0 N–H and O–H groups in total. The predicted molar refractivity (Wildman–Crippen MR) is 139 cm³/mol. The molecule has 0 spiro atoms. The highest BCUT2D eigenvalue weighted by Gasteiger charge is 2.41. The lowest BCUT2D eigenvalue weighted by atomic mass is 9.93. The number of nitrogens with zero attached hydrogens (tertiary/aromatic N) is 4. The zero-order valence-corrected chi connectivity index (χ0v) is 22.1. The molecule has 1 aromatic carbocycles. The van der Waals surface area contributed by atoms with Crippen LogP contribution in [-0.4, -0.2) is 61.7 Å². The van der Waals surface area contributed by atoms with Gasteiger partial charge in [-0.2, -0.15) is 0 Å². The maximum absolute atomic E-state index is 14.9. The van der Waals surface area contributed by atoms with Crippen LogP contribution in [-0.2, 0) is 25.7 Å². The molecule has 0 amide bonds. The summed E-state index contributed by atoms with van der Waals surface area (Å²) in [5.41, 5.74) is 2.12. The summed E-state index contributed by atoms with van der Waals surface area (Å²) in [7, 11) is 0. The second kappa shape index (κ2) is 12.6. The van der Waals surface area contributed by atoms with E-state index in [1.165, 1.54) is 17.8 Å². The molecule has 2 unspecified atom stereocenters. The van der Waals surface area contributed by atoms with Gasteiger partial charge in [-0.05, 0) is 50.3 Å². The number of benzene rings is 1. The van der Waals surface area contributed by atoms with E-state index in [2.05, 4.69) is 10.3 Å². The van der Waals surface area contributed by atoms with E-state index < -0.39 is 6.04 Å². The number of rotatable bonds is 11. The Balaban J connectivity index is 1.58. The zero-order valence-electron chi connectivity index (χ0n) is 21.3. The van der Waals surface area contributed by atoms with E-state index in [-0.39, 0.29) is 40.3 Å². The highest BCUT2D eigenvalue weighted by atomic mass is 32.2. The number of hydrogen-bond donors (Lipinski definition) is 0. The van der Waals surface area contributed by atoms with Gasteiger partial charge in [-0.25, -0.2) is 9.07 Å². The lowest BCUT2D eigenvalue weighted by molar-refractivity contribution is -0.143. The van der Waals surface area contributed by atoms with Crippen molar-refractivity contribution in [3.05, 3.63) is 53.1 Å². The van der Waals surface area contributed by atoms with Crippen LogP contribution in [0, 0.1) is 11.7 Å². The predicted octanol–water partition coefficient (Wildman–Crippen LogP) is 4.22. The highest BCUT2D eigenvalue weighted by Crippen LogP contribution is 2.40. The first-order chi connectivity index (χ1) is 17.9. The third-order valence-electron chi connectivity index (χ3n) is 6.64. The zero-order chi connectivity index (χ0) is 26.4. The lowest BCUT2D eigenvalue weighted by Gasteiger charge is -2.38. The van der Waals surface area contributed by atoms with Crippen molar-refractivity contribution in [1.82, 2.24) is 19.9 Å². The largest absolute Gasteiger partial charge is 0.466 e. The number of esters is 1. The van der Waals surface area contributed by atoms with Crippen LogP contribution in [0.5, 0.6) is 0 Å². The molecule has 1 aliphatic heterocycles. The van der Waals surface area contributed by atoms with E-state index in [4.69, 9.17) is 4.74 Å². The summed E-state index contributed by atoms with van der Waals surface area (Å²) in [6.45, 7) is 5.17. The third kappa shape index (κ3) is 7.13. The molecular weight excluding hydrogens is 495 g/mol. The molecule has 1 aliphatic carbocycles. The molecule has 1 aromatic heterocycles. The molecule has 1 saturated carbocycles. The summed E-state index contributed by atoms with van der Waals surface area (Å²) in [5.74, 6) is -0.585. The molecule has 0 radical (unpaired) electrons. The topological polar surface area (TPSA) is 94.4 Å². The van der Waals surface area contributed by atoms with Gasteiger partial charge in [-0.1, -0.05) is 35.2 Å². The number of hydrogen-bond acceptors (Lipinski definition) is 8. The number of likely N-dealkylation sites (tertiary alicyclic amines) is 1. The van der Waals surface area contributed by atoms with Gasteiger partial charge in [0, 0.05) is 49.7 Å². The number of carbonyl (C=O) groups is 3. The summed E-state index contributed by atoms with van der Waals surface area (Å²) in [4.78, 5) is 39.1. The summed E-state index contributed by atoms with van der Waals surface area (Å²) in [6.07, 6.45) is 6.81. The number of Topliss-reactive ketones (excluding diaryl/α,β-unsaturated/α-hetero) is 1. The van der Waals surface area contributed by atoms with Crippen LogP contribution >= 0.6 is 11.8 Å². The van der Waals surface area contributed by atoms with E-state index in [1.807, 2.05) is 11.0 Å². The first-order valence-electron chi connectivity index (χ1n) is 12.8. The average Bonchev–Trinajstić information content (AvgIpc) is 3.63. The summed E-state index contributed by atoms with van der Waals surface area (Å²) in [5, 5.41) is 8.16. The summed E-state index contributed by atoms with van der Waals surface area (Å²) in [6, 6.07) is 5.84. The lowest BCUT2D eigenvalue weighted by Crippen LogP contribution is -2.43. The molecule has 2 aliphatic rings. The number of halogens is 1. The van der Waals surface area contributed by atoms with Crippen LogP contribution in [0.2, 0.25) is 0 Å². The molecule has 8 nitrogen and oxygen atoms in total. The minimum Gasteiger partial charge on any atom is -0.466 e. The van der Waals surface area contributed by atoms with E-state index >= 15 is 0 Å². The van der Waals surface area contributed by atoms with Gasteiger partial charge in [-0.15, -0.1) is 5.10 Å². The number of piperidine rings is 1. The Bertz CT molecular complexity index is 1160. The monoisotopic (exact) mass is 528 g/mol. The van der Waals surface area contributed by atoms with Gasteiger partial charge in [0.25, 0.3) is 0 Å². The fraction of sp³-hybridized carbons (Fsp3) is 0.519. The van der Waals surface area contributed by atoms with Gasteiger partial charge in [0.1, 0.15) is 5.82 Å². The normalized spacial score (nSPS) is 20.1. The number of ketones is 1. The number of aryl methyl sites for hydroxylation is 1. The molecule has 1 saturated heterocycles. The maximum atomic E-state index is 14.9. The van der Waals surface area contributed by atoms with Crippen LogP contribution in [0.4, 0.5) is 4.39 Å². The molecule has 2 atom stereocenters. The average molecular weight is 529 g/mol. The van der Waals surface area contributed by atoms with Crippen LogP contribution in [0.15, 0.2) is 36.0 Å². The van der Waals surface area contributed by atoms with Gasteiger partial charge in [0.15, 0.2) is 10.9 Å². The van der Waals surface area contributed by atoms with Crippen LogP contribution in [0.3, 0.4) is 0 Å². The SMILES string of the molecule is CCOC(=O)CCCn1nncc1/C=C1/CN(C(C(=O)C2CC2)c2ccccc2F)CCC1SC(C)=O. The molecule has 10 heteroatoms. The fourth-order valence-corrected chi connectivity index (χ4v) is 5.66. The molecule has 198 valence electrons. The first-order valence-corrected chi connectivity index (χ1v) is 13.7. The van der Waals surface area contributed by atoms with Crippen LogP contribution < -0.4 is 0 Å². The Labute approximate surface area is 220 Å². The maximum Gasteiger partial charge on any atom is 0.305 e. The molecule has 2 aromatic rings. The number of aromatic nitrogens is 3. The second-order valence-electron chi connectivity index (χ2n) is 9.47. The van der Waals surface area contributed by atoms with Crippen molar-refractivity contribution in [2.24, 2.45) is 5.92 Å². The molecule has 2 heterocycles. The fourth-order valence-electron chi connectivity index (χ4n) is 4.74. The van der Waals surface area contributed by atoms with Gasteiger partial charge in [0.05, 0.1) is 24.5 Å². The van der Waals surface area contributed by atoms with Crippen molar-refractivity contribution in [2.75, 3.05) is 19.7 Å². The van der Waals surface area contributed by atoms with E-state index in [0.29, 0.717) is 44.6 Å². The van der Waals surface area contributed by atoms with Crippen molar-refractivity contribution in [3.63, 3.8) is 0 Å². The Morgan fingerprint density at radius 2 is 2.03 bits per heavy atom. The smallest absolute Gasteiger partial charge is 0.305 e. The highest BCUT2D eigenvalue weighted by molar-refractivity contribution is 8.14. The van der Waals surface area contributed by atoms with Gasteiger partial charge in [0.2, 0.25) is 0 Å². The van der Waals surface area contributed by atoms with Gasteiger partial charge in [-0.3, -0.25) is 19.3 Å². The van der Waals surface area contributed by atoms with E-state index in [9.17, 15) is 18.8 Å². The quantitative estimate of drug-likeness (QED) is 0.400. The van der Waals surface area contributed by atoms with Crippen molar-refractivity contribution in [3.8, 4) is 0 Å². The number of thioether (sulfide) groups is 1. The minimum absolute atomic E-state index is 0.0186.